The van der Waals surface area contributed by atoms with Gasteiger partial charge in [-0.2, -0.15) is 4.52 Å². The minimum Gasteiger partial charge on any atom is -0.364 e. The molecular weight excluding hydrogens is 460 g/mol. The number of aryl methyl sites for hydroxylation is 1. The lowest BCUT2D eigenvalue weighted by molar-refractivity contribution is -0.114. The van der Waals surface area contributed by atoms with E-state index in [1.807, 2.05) is 11.6 Å². The lowest BCUT2D eigenvalue weighted by Crippen LogP contribution is -2.30. The van der Waals surface area contributed by atoms with E-state index in [0.717, 1.165) is 22.0 Å². The number of carbonyl (C=O) groups is 2. The van der Waals surface area contributed by atoms with Crippen molar-refractivity contribution in [2.24, 2.45) is 0 Å². The van der Waals surface area contributed by atoms with Crippen LogP contribution in [-0.2, 0) is 4.79 Å². The van der Waals surface area contributed by atoms with E-state index >= 15 is 0 Å². The molecule has 0 spiro atoms. The molecule has 2 N–H and O–H groups in total. The normalized spacial score (nSPS) is 11.5. The van der Waals surface area contributed by atoms with Gasteiger partial charge in [-0.25, -0.2) is 4.98 Å². The van der Waals surface area contributed by atoms with Crippen LogP contribution in [0.15, 0.2) is 48.5 Å². The molecule has 0 radical (unpaired) electrons. The van der Waals surface area contributed by atoms with Gasteiger partial charge in [0.15, 0.2) is 11.6 Å². The number of carbonyl (C=O) groups excluding carboxylic acids is 2. The molecule has 1 amide bonds. The van der Waals surface area contributed by atoms with Gasteiger partial charge >= 0.3 is 0 Å². The Hall–Kier alpha value is -3.72. The molecule has 35 heavy (non-hydrogen) atoms. The molecule has 2 aromatic heterocycles. The summed E-state index contributed by atoms with van der Waals surface area (Å²) in [6.45, 7) is 9.94. The molecule has 4 aromatic rings. The second-order valence-corrected chi connectivity index (χ2v) is 10.6. The summed E-state index contributed by atoms with van der Waals surface area (Å²) in [5, 5.41) is 11.8. The molecule has 0 fully saturated rings. The highest BCUT2D eigenvalue weighted by atomic mass is 32.1. The first kappa shape index (κ1) is 24.4. The van der Waals surface area contributed by atoms with Crippen molar-refractivity contribution in [3.05, 3.63) is 59.7 Å². The van der Waals surface area contributed by atoms with Gasteiger partial charge in [-0.05, 0) is 46.8 Å². The Bertz CT molecular complexity index is 1380. The molecule has 0 bridgehead atoms. The molecule has 0 aliphatic carbocycles. The topological polar surface area (TPSA) is 91.6 Å². The largest absolute Gasteiger partial charge is 0.364 e. The summed E-state index contributed by atoms with van der Waals surface area (Å²) in [6.07, 6.45) is 0. The fourth-order valence-electron chi connectivity index (χ4n) is 3.57. The molecule has 0 aliphatic heterocycles. The summed E-state index contributed by atoms with van der Waals surface area (Å²) < 4.78 is 1.81. The molecule has 0 atom stereocenters. The van der Waals surface area contributed by atoms with Crippen LogP contribution in [0.5, 0.6) is 0 Å². The minimum atomic E-state index is -0.200. The Morgan fingerprint density at radius 1 is 1.11 bits per heavy atom. The first-order valence-corrected chi connectivity index (χ1v) is 12.2. The number of fused-ring (bicyclic) bond motifs is 1. The number of imidazole rings is 1. The SMILES string of the molecule is CC(=O)c1cccc(NC(=O)CN(C)c2nn3c(NC(C)(C)C)c(-c4ccc(C)cc4)nc3s2)c1. The standard InChI is InChI=1S/C26H30N6O2S/c1-16-10-12-18(13-11-16)22-23(29-26(3,4)5)32-24(28-22)35-25(30-32)31(6)15-21(34)27-20-9-7-8-19(14-20)17(2)33/h7-14,29H,15H2,1-6H3,(H,27,34). The van der Waals surface area contributed by atoms with Crippen LogP contribution in [-0.4, -0.2) is 45.4 Å². The van der Waals surface area contributed by atoms with Gasteiger partial charge in [-0.15, -0.1) is 5.10 Å². The van der Waals surface area contributed by atoms with Crippen LogP contribution in [0.25, 0.3) is 16.2 Å². The maximum absolute atomic E-state index is 12.7. The molecule has 0 saturated carbocycles. The molecule has 0 unspecified atom stereocenters. The van der Waals surface area contributed by atoms with Gasteiger partial charge in [-0.3, -0.25) is 9.59 Å². The van der Waals surface area contributed by atoms with Crippen molar-refractivity contribution in [1.29, 1.82) is 0 Å². The number of nitrogens with zero attached hydrogens (tertiary/aromatic N) is 4. The second kappa shape index (κ2) is 9.50. The van der Waals surface area contributed by atoms with Crippen LogP contribution in [0.4, 0.5) is 16.6 Å². The third-order valence-corrected chi connectivity index (χ3v) is 6.29. The molecular formula is C26H30N6O2S. The van der Waals surface area contributed by atoms with E-state index in [2.05, 4.69) is 62.6 Å². The highest BCUT2D eigenvalue weighted by Gasteiger charge is 2.23. The predicted molar refractivity (Wildman–Crippen MR) is 143 cm³/mol. The number of amides is 1. The molecule has 182 valence electrons. The van der Waals surface area contributed by atoms with E-state index in [0.29, 0.717) is 16.4 Å². The lowest BCUT2D eigenvalue weighted by Gasteiger charge is -2.22. The fraction of sp³-hybridized carbons (Fsp3) is 0.308. The number of hydrogen-bond donors (Lipinski definition) is 2. The van der Waals surface area contributed by atoms with Gasteiger partial charge in [0.2, 0.25) is 16.0 Å². The third kappa shape index (κ3) is 5.68. The molecule has 0 saturated heterocycles. The number of likely N-dealkylation sites (N-methyl/N-ethyl adjacent to an activating group) is 1. The molecule has 9 heteroatoms. The monoisotopic (exact) mass is 490 g/mol. The molecule has 8 nitrogen and oxygen atoms in total. The Balaban J connectivity index is 1.57. The van der Waals surface area contributed by atoms with Gasteiger partial charge in [0, 0.05) is 29.4 Å². The Labute approximate surface area is 209 Å². The summed E-state index contributed by atoms with van der Waals surface area (Å²) in [5.41, 5.74) is 4.00. The maximum Gasteiger partial charge on any atom is 0.243 e. The van der Waals surface area contributed by atoms with Crippen LogP contribution in [0.1, 0.15) is 43.6 Å². The second-order valence-electron chi connectivity index (χ2n) is 9.67. The predicted octanol–water partition coefficient (Wildman–Crippen LogP) is 5.25. The number of aromatic nitrogens is 3. The number of rotatable bonds is 7. The zero-order chi connectivity index (χ0) is 25.3. The van der Waals surface area contributed by atoms with Crippen molar-refractivity contribution in [1.82, 2.24) is 14.6 Å². The zero-order valence-corrected chi connectivity index (χ0v) is 21.7. The summed E-state index contributed by atoms with van der Waals surface area (Å²) in [7, 11) is 1.82. The zero-order valence-electron chi connectivity index (χ0n) is 20.8. The maximum atomic E-state index is 12.7. The van der Waals surface area contributed by atoms with E-state index in [4.69, 9.17) is 10.1 Å². The average molecular weight is 491 g/mol. The first-order chi connectivity index (χ1) is 16.5. The number of nitrogens with one attached hydrogen (secondary N) is 2. The van der Waals surface area contributed by atoms with E-state index < -0.39 is 0 Å². The van der Waals surface area contributed by atoms with Gasteiger partial charge in [0.25, 0.3) is 0 Å². The van der Waals surface area contributed by atoms with E-state index in [1.165, 1.54) is 23.8 Å². The van der Waals surface area contributed by atoms with E-state index in [1.54, 1.807) is 29.2 Å². The summed E-state index contributed by atoms with van der Waals surface area (Å²) in [6, 6.07) is 15.2. The Kier molecular flexibility index (Phi) is 6.62. The number of Topliss-reactive ketones (excluding diaryl/α,β-unsaturated/α-hetero) is 1. The molecule has 2 heterocycles. The van der Waals surface area contributed by atoms with Gasteiger partial charge in [0.05, 0.1) is 6.54 Å². The summed E-state index contributed by atoms with van der Waals surface area (Å²) in [4.78, 5) is 31.7. The van der Waals surface area contributed by atoms with Gasteiger partial charge in [0.1, 0.15) is 5.69 Å². The summed E-state index contributed by atoms with van der Waals surface area (Å²) >= 11 is 1.42. The Morgan fingerprint density at radius 3 is 2.49 bits per heavy atom. The molecule has 0 aliphatic rings. The highest BCUT2D eigenvalue weighted by molar-refractivity contribution is 7.20. The van der Waals surface area contributed by atoms with Crippen molar-refractivity contribution >= 4 is 44.6 Å². The van der Waals surface area contributed by atoms with Crippen LogP contribution in [0.2, 0.25) is 0 Å². The van der Waals surface area contributed by atoms with Gasteiger partial charge < -0.3 is 15.5 Å². The van der Waals surface area contributed by atoms with E-state index in [9.17, 15) is 9.59 Å². The smallest absolute Gasteiger partial charge is 0.243 e. The van der Waals surface area contributed by atoms with Crippen molar-refractivity contribution in [3.8, 4) is 11.3 Å². The number of ketones is 1. The minimum absolute atomic E-state index is 0.0472. The third-order valence-electron chi connectivity index (χ3n) is 5.27. The first-order valence-electron chi connectivity index (χ1n) is 11.4. The lowest BCUT2D eigenvalue weighted by atomic mass is 10.1. The van der Waals surface area contributed by atoms with Gasteiger partial charge in [-0.1, -0.05) is 53.3 Å². The van der Waals surface area contributed by atoms with Crippen molar-refractivity contribution in [2.75, 3.05) is 29.1 Å². The average Bonchev–Trinajstić information content (AvgIpc) is 3.33. The van der Waals surface area contributed by atoms with Crippen LogP contribution < -0.4 is 15.5 Å². The Morgan fingerprint density at radius 2 is 1.83 bits per heavy atom. The van der Waals surface area contributed by atoms with Crippen molar-refractivity contribution in [3.63, 3.8) is 0 Å². The number of benzene rings is 2. The number of hydrogen-bond acceptors (Lipinski definition) is 7. The molecule has 2 aromatic carbocycles. The van der Waals surface area contributed by atoms with Crippen molar-refractivity contribution < 1.29 is 9.59 Å². The summed E-state index contributed by atoms with van der Waals surface area (Å²) in [5.74, 6) is 0.571. The highest BCUT2D eigenvalue weighted by Crippen LogP contribution is 2.34. The van der Waals surface area contributed by atoms with Crippen molar-refractivity contribution in [2.45, 2.75) is 40.2 Å². The van der Waals surface area contributed by atoms with Crippen LogP contribution >= 0.6 is 11.3 Å². The number of anilines is 3. The van der Waals surface area contributed by atoms with Crippen LogP contribution in [0.3, 0.4) is 0 Å². The van der Waals surface area contributed by atoms with Crippen LogP contribution in [0, 0.1) is 6.92 Å². The fourth-order valence-corrected chi connectivity index (χ4v) is 4.43. The van der Waals surface area contributed by atoms with E-state index in [-0.39, 0.29) is 23.8 Å². The molecule has 4 rings (SSSR count). The quantitative estimate of drug-likeness (QED) is 0.344.